The van der Waals surface area contributed by atoms with Gasteiger partial charge in [0.1, 0.15) is 11.5 Å². The summed E-state index contributed by atoms with van der Waals surface area (Å²) >= 11 is 0. The zero-order valence-electron chi connectivity index (χ0n) is 16.8. The van der Waals surface area contributed by atoms with E-state index >= 15 is 0 Å². The van der Waals surface area contributed by atoms with Gasteiger partial charge in [-0.2, -0.15) is 0 Å². The highest BCUT2D eigenvalue weighted by Crippen LogP contribution is 2.32. The number of fused-ring (bicyclic) bond motifs is 1. The molecule has 0 fully saturated rings. The van der Waals surface area contributed by atoms with Gasteiger partial charge in [0.05, 0.1) is 13.2 Å². The quantitative estimate of drug-likeness (QED) is 0.325. The first-order valence-corrected chi connectivity index (χ1v) is 10.6. The van der Waals surface area contributed by atoms with Crippen molar-refractivity contribution in [2.24, 2.45) is 0 Å². The van der Waals surface area contributed by atoms with E-state index in [9.17, 15) is 0 Å². The summed E-state index contributed by atoms with van der Waals surface area (Å²) in [5.74, 6) is 1.96. The average molecular weight is 357 g/mol. The van der Waals surface area contributed by atoms with E-state index in [1.165, 1.54) is 51.4 Å². The summed E-state index contributed by atoms with van der Waals surface area (Å²) in [5, 5.41) is 2.31. The number of ether oxygens (including phenoxy) is 2. The smallest absolute Gasteiger partial charge is 0.127 e. The Hall–Kier alpha value is -1.70. The molecule has 0 radical (unpaired) electrons. The van der Waals surface area contributed by atoms with E-state index in [-0.39, 0.29) is 0 Å². The van der Waals surface area contributed by atoms with Crippen LogP contribution in [0, 0.1) is 0 Å². The number of unbranched alkanes of at least 4 members (excludes halogenated alkanes) is 8. The van der Waals surface area contributed by atoms with E-state index in [0.717, 1.165) is 48.3 Å². The lowest BCUT2D eigenvalue weighted by atomic mass is 10.1. The fraction of sp³-hybridized carbons (Fsp3) is 0.583. The minimum Gasteiger partial charge on any atom is -0.493 e. The van der Waals surface area contributed by atoms with Gasteiger partial charge in [0.2, 0.25) is 0 Å². The van der Waals surface area contributed by atoms with E-state index in [2.05, 4.69) is 50.2 Å². The zero-order valence-corrected chi connectivity index (χ0v) is 16.8. The zero-order chi connectivity index (χ0) is 18.5. The van der Waals surface area contributed by atoms with Gasteiger partial charge in [-0.25, -0.2) is 0 Å². The van der Waals surface area contributed by atoms with Crippen molar-refractivity contribution in [3.8, 4) is 11.5 Å². The van der Waals surface area contributed by atoms with Crippen LogP contribution in [0.3, 0.4) is 0 Å². The molecule has 0 aromatic heterocycles. The topological polar surface area (TPSA) is 18.5 Å². The largest absolute Gasteiger partial charge is 0.493 e. The maximum atomic E-state index is 6.07. The normalized spacial score (nSPS) is 11.0. The van der Waals surface area contributed by atoms with Crippen LogP contribution < -0.4 is 9.47 Å². The van der Waals surface area contributed by atoms with Crippen molar-refractivity contribution in [3.05, 3.63) is 36.4 Å². The van der Waals surface area contributed by atoms with E-state index in [1.807, 2.05) is 0 Å². The van der Waals surface area contributed by atoms with Crippen molar-refractivity contribution >= 4 is 10.8 Å². The molecule has 0 unspecified atom stereocenters. The first kappa shape index (κ1) is 20.6. The van der Waals surface area contributed by atoms with Crippen molar-refractivity contribution in [3.63, 3.8) is 0 Å². The highest BCUT2D eigenvalue weighted by molar-refractivity contribution is 5.93. The molecule has 0 amide bonds. The minimum atomic E-state index is 0.797. The second-order valence-electron chi connectivity index (χ2n) is 7.13. The molecule has 0 heterocycles. The Bertz CT molecular complexity index is 565. The molecule has 144 valence electrons. The molecule has 0 aliphatic carbocycles. The van der Waals surface area contributed by atoms with E-state index in [0.29, 0.717) is 0 Å². The Kier molecular flexibility index (Phi) is 10.0. The van der Waals surface area contributed by atoms with E-state index < -0.39 is 0 Å². The molecule has 0 aliphatic rings. The molecule has 2 rings (SSSR count). The molecule has 0 saturated heterocycles. The Morgan fingerprint density at radius 2 is 0.962 bits per heavy atom. The maximum absolute atomic E-state index is 6.07. The molecule has 0 bridgehead atoms. The van der Waals surface area contributed by atoms with E-state index in [4.69, 9.17) is 9.47 Å². The molecule has 2 aromatic carbocycles. The average Bonchev–Trinajstić information content (AvgIpc) is 2.67. The molecule has 2 heteroatoms. The predicted octanol–water partition coefficient (Wildman–Crippen LogP) is 7.54. The van der Waals surface area contributed by atoms with Crippen LogP contribution in [-0.4, -0.2) is 13.2 Å². The van der Waals surface area contributed by atoms with Crippen LogP contribution in [0.1, 0.15) is 78.1 Å². The summed E-state index contributed by atoms with van der Waals surface area (Å²) in [6, 6.07) is 12.6. The second kappa shape index (κ2) is 12.6. The summed E-state index contributed by atoms with van der Waals surface area (Å²) in [7, 11) is 0. The predicted molar refractivity (Wildman–Crippen MR) is 112 cm³/mol. The van der Waals surface area contributed by atoms with Crippen molar-refractivity contribution in [2.75, 3.05) is 13.2 Å². The highest BCUT2D eigenvalue weighted by Gasteiger charge is 2.07. The Balaban J connectivity index is 1.88. The monoisotopic (exact) mass is 356 g/mol. The van der Waals surface area contributed by atoms with Crippen molar-refractivity contribution in [2.45, 2.75) is 78.1 Å². The van der Waals surface area contributed by atoms with E-state index in [1.54, 1.807) is 0 Å². The number of benzene rings is 2. The van der Waals surface area contributed by atoms with Gasteiger partial charge in [-0.15, -0.1) is 0 Å². The summed E-state index contributed by atoms with van der Waals surface area (Å²) in [6.45, 7) is 6.09. The lowest BCUT2D eigenvalue weighted by Gasteiger charge is -2.13. The molecule has 0 saturated carbocycles. The first-order valence-electron chi connectivity index (χ1n) is 10.6. The van der Waals surface area contributed by atoms with Gasteiger partial charge in [-0.05, 0) is 25.0 Å². The van der Waals surface area contributed by atoms with Crippen molar-refractivity contribution in [1.29, 1.82) is 0 Å². The van der Waals surface area contributed by atoms with Crippen molar-refractivity contribution < 1.29 is 9.47 Å². The fourth-order valence-corrected chi connectivity index (χ4v) is 3.28. The molecule has 0 aliphatic heterocycles. The summed E-state index contributed by atoms with van der Waals surface area (Å²) in [6.07, 6.45) is 12.6. The van der Waals surface area contributed by atoms with Crippen molar-refractivity contribution in [1.82, 2.24) is 0 Å². The number of hydrogen-bond acceptors (Lipinski definition) is 2. The van der Waals surface area contributed by atoms with Gasteiger partial charge in [-0.1, -0.05) is 89.5 Å². The molecular formula is C24H36O2. The molecule has 26 heavy (non-hydrogen) atoms. The lowest BCUT2D eigenvalue weighted by molar-refractivity contribution is 0.305. The fourth-order valence-electron chi connectivity index (χ4n) is 3.28. The molecule has 2 nitrogen and oxygen atoms in total. The standard InChI is InChI=1S/C24H36O2/c1-3-5-7-9-11-19-25-23-17-13-16-22-21(23)15-14-18-24(22)26-20-12-10-8-6-4-2/h13-18H,3-12,19-20H2,1-2H3. The molecule has 0 atom stereocenters. The first-order chi connectivity index (χ1) is 12.9. The SMILES string of the molecule is CCCCCCCOc1cccc2c(OCCCCCCC)cccc12. The lowest BCUT2D eigenvalue weighted by Crippen LogP contribution is -2.00. The van der Waals surface area contributed by atoms with Gasteiger partial charge in [0.15, 0.2) is 0 Å². The minimum absolute atomic E-state index is 0.797. The number of hydrogen-bond donors (Lipinski definition) is 0. The number of rotatable bonds is 14. The molecule has 2 aromatic rings. The second-order valence-corrected chi connectivity index (χ2v) is 7.13. The highest BCUT2D eigenvalue weighted by atomic mass is 16.5. The van der Waals surface area contributed by atoms with Crippen LogP contribution >= 0.6 is 0 Å². The third-order valence-electron chi connectivity index (χ3n) is 4.85. The van der Waals surface area contributed by atoms with Gasteiger partial charge >= 0.3 is 0 Å². The van der Waals surface area contributed by atoms with Crippen LogP contribution in [0.25, 0.3) is 10.8 Å². The summed E-state index contributed by atoms with van der Waals surface area (Å²) < 4.78 is 12.1. The Morgan fingerprint density at radius 1 is 0.538 bits per heavy atom. The third kappa shape index (κ3) is 6.90. The van der Waals surface area contributed by atoms with Crippen LogP contribution in [0.15, 0.2) is 36.4 Å². The molecule has 0 N–H and O–H groups in total. The molecule has 0 spiro atoms. The van der Waals surface area contributed by atoms with Gasteiger partial charge in [-0.3, -0.25) is 0 Å². The van der Waals surface area contributed by atoms with Crippen LogP contribution in [-0.2, 0) is 0 Å². The Labute approximate surface area is 159 Å². The van der Waals surface area contributed by atoms with Gasteiger partial charge in [0.25, 0.3) is 0 Å². The molecular weight excluding hydrogens is 320 g/mol. The Morgan fingerprint density at radius 3 is 1.38 bits per heavy atom. The van der Waals surface area contributed by atoms with Crippen LogP contribution in [0.2, 0.25) is 0 Å². The van der Waals surface area contributed by atoms with Crippen LogP contribution in [0.4, 0.5) is 0 Å². The maximum Gasteiger partial charge on any atom is 0.127 e. The summed E-state index contributed by atoms with van der Waals surface area (Å²) in [4.78, 5) is 0. The van der Waals surface area contributed by atoms with Gasteiger partial charge in [0, 0.05) is 10.8 Å². The third-order valence-corrected chi connectivity index (χ3v) is 4.85. The summed E-state index contributed by atoms with van der Waals surface area (Å²) in [5.41, 5.74) is 0. The van der Waals surface area contributed by atoms with Gasteiger partial charge < -0.3 is 9.47 Å². The van der Waals surface area contributed by atoms with Crippen LogP contribution in [0.5, 0.6) is 11.5 Å².